The van der Waals surface area contributed by atoms with E-state index >= 15 is 0 Å². The van der Waals surface area contributed by atoms with Gasteiger partial charge in [-0.3, -0.25) is 4.55 Å². The molecule has 3 N–H and O–H groups in total. The van der Waals surface area contributed by atoms with Crippen LogP contribution in [-0.4, -0.2) is 29.4 Å². The predicted octanol–water partition coefficient (Wildman–Crippen LogP) is 6.20. The molecule has 1 aromatic rings. The van der Waals surface area contributed by atoms with Gasteiger partial charge in [0.1, 0.15) is 16.4 Å². The molecule has 180 valence electrons. The Morgan fingerprint density at radius 3 is 2.31 bits per heavy atom. The maximum absolute atomic E-state index is 13.4. The van der Waals surface area contributed by atoms with Gasteiger partial charge in [-0.2, -0.15) is 21.6 Å². The Morgan fingerprint density at radius 2 is 1.81 bits per heavy atom. The summed E-state index contributed by atoms with van der Waals surface area (Å²) in [6.45, 7) is 9.34. The Kier molecular flexibility index (Phi) is 8.10. The molecule has 1 aliphatic carbocycles. The van der Waals surface area contributed by atoms with E-state index in [2.05, 4.69) is 6.58 Å². The zero-order chi connectivity index (χ0) is 24.4. The molecule has 2 unspecified atom stereocenters. The first-order chi connectivity index (χ1) is 14.7. The Bertz CT molecular complexity index is 1010. The fourth-order valence-electron chi connectivity index (χ4n) is 4.53. The zero-order valence-electron chi connectivity index (χ0n) is 18.6. The fourth-order valence-corrected chi connectivity index (χ4v) is 5.42. The van der Waals surface area contributed by atoms with Gasteiger partial charge in [-0.25, -0.2) is 0 Å². The first-order valence-electron chi connectivity index (χ1n) is 10.7. The molecular weight excluding hydrogens is 445 g/mol. The van der Waals surface area contributed by atoms with Crippen molar-refractivity contribution in [1.82, 2.24) is 0 Å². The van der Waals surface area contributed by atoms with Crippen LogP contribution in [-0.2, 0) is 23.0 Å². The minimum Gasteiger partial charge on any atom is -0.507 e. The molecule has 0 saturated heterocycles. The summed E-state index contributed by atoms with van der Waals surface area (Å²) in [5.41, 5.74) is 0.258. The number of aromatic hydroxyl groups is 2. The van der Waals surface area contributed by atoms with Crippen molar-refractivity contribution in [3.8, 4) is 11.5 Å². The van der Waals surface area contributed by atoms with Crippen molar-refractivity contribution >= 4 is 10.1 Å². The molecule has 0 aromatic heterocycles. The van der Waals surface area contributed by atoms with E-state index < -0.39 is 50.6 Å². The van der Waals surface area contributed by atoms with Crippen molar-refractivity contribution in [2.75, 3.05) is 0 Å². The molecule has 2 rings (SSSR count). The van der Waals surface area contributed by atoms with Gasteiger partial charge in [0.05, 0.1) is 6.42 Å². The van der Waals surface area contributed by atoms with E-state index in [1.165, 1.54) is 0 Å². The maximum atomic E-state index is 13.4. The van der Waals surface area contributed by atoms with Gasteiger partial charge in [0, 0.05) is 17.0 Å². The highest BCUT2D eigenvalue weighted by molar-refractivity contribution is 7.86. The standard InChI is InChI=1S/C23H31F3O5S/c1-5-6-7-8-16-18(12-23(24,25)26)20(27)19(21(28)22(16)32(29,30)31)17-11-14(4)9-10-15(17)13(2)3/h11,15,17,27-28H,2,5-10,12H2,1,3-4H3,(H,29,30,31). The Morgan fingerprint density at radius 1 is 1.19 bits per heavy atom. The minimum atomic E-state index is -5.08. The van der Waals surface area contributed by atoms with Crippen molar-refractivity contribution in [2.24, 2.45) is 5.92 Å². The number of alkyl halides is 3. The summed E-state index contributed by atoms with van der Waals surface area (Å²) in [6.07, 6.45) is -1.82. The molecule has 1 aromatic carbocycles. The van der Waals surface area contributed by atoms with Crippen molar-refractivity contribution in [2.45, 2.75) is 82.7 Å². The molecule has 0 bridgehead atoms. The van der Waals surface area contributed by atoms with Crippen LogP contribution < -0.4 is 0 Å². The number of halogens is 3. The van der Waals surface area contributed by atoms with Crippen LogP contribution in [0.5, 0.6) is 11.5 Å². The lowest BCUT2D eigenvalue weighted by molar-refractivity contribution is -0.127. The number of unbranched alkanes of at least 4 members (excludes halogenated alkanes) is 2. The third-order valence-electron chi connectivity index (χ3n) is 6.03. The van der Waals surface area contributed by atoms with Gasteiger partial charge in [0.15, 0.2) is 0 Å². The van der Waals surface area contributed by atoms with Crippen LogP contribution in [0.2, 0.25) is 0 Å². The van der Waals surface area contributed by atoms with Crippen LogP contribution in [0.25, 0.3) is 0 Å². The molecule has 0 radical (unpaired) electrons. The number of phenols is 2. The number of phenolic OH excluding ortho intramolecular Hbond substituents is 2. The molecule has 0 aliphatic heterocycles. The number of rotatable bonds is 8. The Hall–Kier alpha value is -2.00. The van der Waals surface area contributed by atoms with E-state index in [-0.39, 0.29) is 23.5 Å². The quantitative estimate of drug-likeness (QED) is 0.236. The third-order valence-corrected chi connectivity index (χ3v) is 6.98. The molecule has 0 spiro atoms. The van der Waals surface area contributed by atoms with E-state index in [4.69, 9.17) is 0 Å². The van der Waals surface area contributed by atoms with Gasteiger partial charge in [-0.05, 0) is 51.0 Å². The van der Waals surface area contributed by atoms with E-state index in [0.29, 0.717) is 31.3 Å². The predicted molar refractivity (Wildman–Crippen MR) is 117 cm³/mol. The second-order valence-corrected chi connectivity index (χ2v) is 10.0. The van der Waals surface area contributed by atoms with E-state index in [1.54, 1.807) is 13.0 Å². The van der Waals surface area contributed by atoms with Crippen LogP contribution >= 0.6 is 0 Å². The molecule has 0 fully saturated rings. The van der Waals surface area contributed by atoms with Gasteiger partial charge in [-0.15, -0.1) is 0 Å². The van der Waals surface area contributed by atoms with Gasteiger partial charge in [0.2, 0.25) is 0 Å². The zero-order valence-corrected chi connectivity index (χ0v) is 19.4. The SMILES string of the molecule is C=C(C)C1CCC(C)=CC1c1c(O)c(CC(F)(F)F)c(CCCCC)c(S(=O)(=O)O)c1O. The molecule has 0 heterocycles. The monoisotopic (exact) mass is 476 g/mol. The average Bonchev–Trinajstić information content (AvgIpc) is 2.62. The summed E-state index contributed by atoms with van der Waals surface area (Å²) in [5, 5.41) is 22.0. The van der Waals surface area contributed by atoms with Gasteiger partial charge >= 0.3 is 6.18 Å². The lowest BCUT2D eigenvalue weighted by Gasteiger charge is -2.33. The van der Waals surface area contributed by atoms with E-state index in [9.17, 15) is 36.4 Å². The molecule has 0 saturated carbocycles. The van der Waals surface area contributed by atoms with Crippen LogP contribution in [0, 0.1) is 5.92 Å². The second kappa shape index (κ2) is 9.87. The number of hydrogen-bond donors (Lipinski definition) is 3. The van der Waals surface area contributed by atoms with Crippen molar-refractivity contribution in [3.63, 3.8) is 0 Å². The lowest BCUT2D eigenvalue weighted by atomic mass is 9.73. The topological polar surface area (TPSA) is 94.8 Å². The summed E-state index contributed by atoms with van der Waals surface area (Å²) >= 11 is 0. The molecule has 9 heteroatoms. The largest absolute Gasteiger partial charge is 0.507 e. The van der Waals surface area contributed by atoms with Crippen molar-refractivity contribution in [3.05, 3.63) is 40.5 Å². The second-order valence-electron chi connectivity index (χ2n) is 8.65. The number of benzene rings is 1. The van der Waals surface area contributed by atoms with E-state index in [1.807, 2.05) is 13.8 Å². The minimum absolute atomic E-state index is 0.140. The van der Waals surface area contributed by atoms with Crippen molar-refractivity contribution in [1.29, 1.82) is 0 Å². The fraction of sp³-hybridized carbons (Fsp3) is 0.565. The van der Waals surface area contributed by atoms with Crippen LogP contribution in [0.3, 0.4) is 0 Å². The highest BCUT2D eigenvalue weighted by Gasteiger charge is 2.39. The summed E-state index contributed by atoms with van der Waals surface area (Å²) in [5.74, 6) is -2.78. The highest BCUT2D eigenvalue weighted by Crippen LogP contribution is 2.51. The van der Waals surface area contributed by atoms with Gasteiger partial charge < -0.3 is 10.2 Å². The summed E-state index contributed by atoms with van der Waals surface area (Å²) < 4.78 is 74.7. The summed E-state index contributed by atoms with van der Waals surface area (Å²) in [4.78, 5) is -0.947. The van der Waals surface area contributed by atoms with Crippen LogP contribution in [0.4, 0.5) is 13.2 Å². The first-order valence-corrected chi connectivity index (χ1v) is 12.1. The van der Waals surface area contributed by atoms with E-state index in [0.717, 1.165) is 12.0 Å². The molecule has 2 atom stereocenters. The number of hydrogen-bond acceptors (Lipinski definition) is 4. The smallest absolute Gasteiger partial charge is 0.393 e. The average molecular weight is 477 g/mol. The van der Waals surface area contributed by atoms with Crippen LogP contribution in [0.1, 0.15) is 75.5 Å². The molecule has 5 nitrogen and oxygen atoms in total. The molecule has 32 heavy (non-hydrogen) atoms. The maximum Gasteiger partial charge on any atom is 0.393 e. The summed E-state index contributed by atoms with van der Waals surface area (Å²) in [6, 6.07) is 0. The highest BCUT2D eigenvalue weighted by atomic mass is 32.2. The van der Waals surface area contributed by atoms with Gasteiger partial charge in [-0.1, -0.05) is 43.6 Å². The van der Waals surface area contributed by atoms with Crippen molar-refractivity contribution < 1.29 is 36.4 Å². The Labute approximate surface area is 187 Å². The first kappa shape index (κ1) is 26.3. The third kappa shape index (κ3) is 5.86. The number of allylic oxidation sites excluding steroid dienone is 3. The Balaban J connectivity index is 2.93. The normalized spacial score (nSPS) is 19.7. The molecule has 0 amide bonds. The molecular formula is C23H31F3O5S. The van der Waals surface area contributed by atoms with Crippen LogP contribution in [0.15, 0.2) is 28.7 Å². The summed E-state index contributed by atoms with van der Waals surface area (Å²) in [7, 11) is -5.08. The lowest BCUT2D eigenvalue weighted by Crippen LogP contribution is -2.21. The molecule has 1 aliphatic rings. The van der Waals surface area contributed by atoms with Gasteiger partial charge in [0.25, 0.3) is 10.1 Å².